The predicted octanol–water partition coefficient (Wildman–Crippen LogP) is 4.63. The Labute approximate surface area is 231 Å². The molecule has 1 unspecified atom stereocenters. The van der Waals surface area contributed by atoms with Crippen LogP contribution in [0.4, 0.5) is 32.2 Å². The van der Waals surface area contributed by atoms with E-state index in [-0.39, 0.29) is 11.5 Å². The Morgan fingerprint density at radius 3 is 1.98 bits per heavy atom. The highest BCUT2D eigenvalue weighted by Crippen LogP contribution is 2.22. The van der Waals surface area contributed by atoms with Gasteiger partial charge in [-0.05, 0) is 29.8 Å². The highest BCUT2D eigenvalue weighted by molar-refractivity contribution is 6.42. The minimum absolute atomic E-state index is 0.0202. The summed E-state index contributed by atoms with van der Waals surface area (Å²) in [5.74, 6) is -4.85. The Hall–Kier alpha value is -3.53. The number of alkyl halides is 6. The fourth-order valence-electron chi connectivity index (χ4n) is 2.66. The number of nitrogens with two attached hydrogens (primary N) is 1. The maximum atomic E-state index is 12.1. The third-order valence-corrected chi connectivity index (χ3v) is 5.24. The summed E-state index contributed by atoms with van der Waals surface area (Å²) in [7, 11) is 0. The lowest BCUT2D eigenvalue weighted by molar-refractivity contribution is -0.193. The number of carbonyl (C=O) groups is 2. The molecule has 7 N–H and O–H groups in total. The van der Waals surface area contributed by atoms with E-state index in [0.717, 1.165) is 11.1 Å². The molecule has 0 spiro atoms. The van der Waals surface area contributed by atoms with Gasteiger partial charge in [-0.1, -0.05) is 41.4 Å². The molecule has 0 aliphatic carbocycles. The standard InChI is InChI=1S/C19H20Cl2N4O.2C2HF3O2/c20-15-6-5-12(7-16(15)21)9-23-10-13(22)11-24-19-8-18(26)14-3-1-2-4-17(14)25-19;2*3-2(4,5)1(6)7/h1-8,13,23H,9-11,22H2,(H2,24,25,26);2*(H,6,7). The van der Waals surface area contributed by atoms with Crippen LogP contribution in [-0.4, -0.2) is 58.6 Å². The highest BCUT2D eigenvalue weighted by Gasteiger charge is 2.38. The first-order valence-electron chi connectivity index (χ1n) is 10.8. The van der Waals surface area contributed by atoms with E-state index in [4.69, 9.17) is 48.7 Å². The van der Waals surface area contributed by atoms with Gasteiger partial charge in [0.05, 0.1) is 15.6 Å². The van der Waals surface area contributed by atoms with E-state index < -0.39 is 24.3 Å². The number of pyridine rings is 1. The van der Waals surface area contributed by atoms with Gasteiger partial charge >= 0.3 is 24.3 Å². The van der Waals surface area contributed by atoms with Crippen LogP contribution in [0.3, 0.4) is 0 Å². The molecule has 9 nitrogen and oxygen atoms in total. The van der Waals surface area contributed by atoms with Crippen LogP contribution in [0.15, 0.2) is 53.3 Å². The van der Waals surface area contributed by atoms with Crippen LogP contribution in [0.25, 0.3) is 10.9 Å². The van der Waals surface area contributed by atoms with Crippen molar-refractivity contribution in [1.82, 2.24) is 10.3 Å². The topological polar surface area (TPSA) is 158 Å². The van der Waals surface area contributed by atoms with Crippen LogP contribution in [0, 0.1) is 0 Å². The highest BCUT2D eigenvalue weighted by atomic mass is 35.5. The number of fused-ring (bicyclic) bond motifs is 1. The Morgan fingerprint density at radius 1 is 0.900 bits per heavy atom. The molecule has 2 aromatic carbocycles. The van der Waals surface area contributed by atoms with Crippen molar-refractivity contribution in [2.75, 3.05) is 18.4 Å². The second-order valence-electron chi connectivity index (χ2n) is 7.72. The summed E-state index contributed by atoms with van der Waals surface area (Å²) in [6.45, 7) is 1.80. The Kier molecular flexibility index (Phi) is 13.2. The van der Waals surface area contributed by atoms with Crippen molar-refractivity contribution in [3.63, 3.8) is 0 Å². The van der Waals surface area contributed by atoms with Crippen LogP contribution in [0.1, 0.15) is 5.56 Å². The molecular formula is C23H22Cl2F6N4O5. The van der Waals surface area contributed by atoms with Crippen molar-refractivity contribution in [2.24, 2.45) is 5.73 Å². The van der Waals surface area contributed by atoms with E-state index >= 15 is 0 Å². The second-order valence-corrected chi connectivity index (χ2v) is 8.53. The first-order chi connectivity index (χ1) is 18.4. The lowest BCUT2D eigenvalue weighted by atomic mass is 10.2. The van der Waals surface area contributed by atoms with Gasteiger partial charge < -0.3 is 31.6 Å². The maximum Gasteiger partial charge on any atom is 0.490 e. The molecule has 0 amide bonds. The number of H-pyrrole nitrogens is 1. The number of aromatic amines is 1. The predicted molar refractivity (Wildman–Crippen MR) is 137 cm³/mol. The van der Waals surface area contributed by atoms with Crippen LogP contribution >= 0.6 is 23.2 Å². The smallest absolute Gasteiger partial charge is 0.475 e. The van der Waals surface area contributed by atoms with Crippen LogP contribution in [-0.2, 0) is 16.1 Å². The number of carboxylic acids is 2. The van der Waals surface area contributed by atoms with Crippen molar-refractivity contribution in [1.29, 1.82) is 0 Å². The molecule has 3 aromatic rings. The van der Waals surface area contributed by atoms with E-state index in [1.807, 2.05) is 30.3 Å². The SMILES string of the molecule is NC(CNCc1ccc(Cl)c(Cl)c1)CNc1cc(=O)c2ccccc2[nH]1.O=C(O)C(F)(F)F.O=C(O)C(F)(F)F. The summed E-state index contributed by atoms with van der Waals surface area (Å²) in [5, 5.41) is 22.5. The number of anilines is 1. The average Bonchev–Trinajstić information content (AvgIpc) is 2.84. The molecule has 40 heavy (non-hydrogen) atoms. The molecule has 1 heterocycles. The maximum absolute atomic E-state index is 12.1. The molecular weight excluding hydrogens is 597 g/mol. The average molecular weight is 619 g/mol. The Morgan fingerprint density at radius 2 is 1.45 bits per heavy atom. The molecule has 0 saturated heterocycles. The largest absolute Gasteiger partial charge is 0.490 e. The lowest BCUT2D eigenvalue weighted by Gasteiger charge is -2.15. The molecule has 1 aromatic heterocycles. The molecule has 0 fully saturated rings. The van der Waals surface area contributed by atoms with Gasteiger partial charge in [-0.25, -0.2) is 9.59 Å². The third-order valence-electron chi connectivity index (χ3n) is 4.50. The van der Waals surface area contributed by atoms with Crippen molar-refractivity contribution in [2.45, 2.75) is 24.9 Å². The summed E-state index contributed by atoms with van der Waals surface area (Å²) >= 11 is 11.9. The summed E-state index contributed by atoms with van der Waals surface area (Å²) in [4.78, 5) is 33.1. The van der Waals surface area contributed by atoms with Crippen LogP contribution in [0.2, 0.25) is 10.0 Å². The Bertz CT molecular complexity index is 1330. The fourth-order valence-corrected chi connectivity index (χ4v) is 2.98. The number of carboxylic acid groups (broad SMARTS) is 2. The number of benzene rings is 2. The third kappa shape index (κ3) is 12.5. The number of aromatic nitrogens is 1. The monoisotopic (exact) mass is 618 g/mol. The van der Waals surface area contributed by atoms with Gasteiger partial charge in [0, 0.05) is 37.1 Å². The first-order valence-corrected chi connectivity index (χ1v) is 11.5. The van der Waals surface area contributed by atoms with E-state index in [9.17, 15) is 31.1 Å². The zero-order valence-electron chi connectivity index (χ0n) is 20.0. The van der Waals surface area contributed by atoms with Gasteiger partial charge in [0.1, 0.15) is 5.82 Å². The zero-order valence-corrected chi connectivity index (χ0v) is 21.5. The molecule has 220 valence electrons. The molecule has 0 aliphatic heterocycles. The molecule has 0 aliphatic rings. The van der Waals surface area contributed by atoms with Crippen molar-refractivity contribution in [3.8, 4) is 0 Å². The minimum atomic E-state index is -5.08. The van der Waals surface area contributed by atoms with Crippen molar-refractivity contribution >= 4 is 51.9 Å². The number of aliphatic carboxylic acids is 2. The van der Waals surface area contributed by atoms with Gasteiger partial charge in [0.25, 0.3) is 0 Å². The van der Waals surface area contributed by atoms with Gasteiger partial charge in [-0.15, -0.1) is 0 Å². The Balaban J connectivity index is 0.000000473. The van der Waals surface area contributed by atoms with E-state index in [1.54, 1.807) is 18.2 Å². The minimum Gasteiger partial charge on any atom is -0.475 e. The van der Waals surface area contributed by atoms with Crippen molar-refractivity contribution < 1.29 is 46.1 Å². The van der Waals surface area contributed by atoms with Gasteiger partial charge in [-0.2, -0.15) is 26.3 Å². The number of hydrogen-bond acceptors (Lipinski definition) is 6. The molecule has 0 saturated carbocycles. The number of rotatable bonds is 7. The number of hydrogen-bond donors (Lipinski definition) is 6. The molecule has 3 rings (SSSR count). The fraction of sp³-hybridized carbons (Fsp3) is 0.261. The molecule has 17 heteroatoms. The molecule has 0 bridgehead atoms. The molecule has 0 radical (unpaired) electrons. The van der Waals surface area contributed by atoms with E-state index in [2.05, 4.69) is 15.6 Å². The normalized spacial score (nSPS) is 11.9. The quantitative estimate of drug-likeness (QED) is 0.209. The summed E-state index contributed by atoms with van der Waals surface area (Å²) in [5.41, 5.74) is 7.95. The summed E-state index contributed by atoms with van der Waals surface area (Å²) < 4.78 is 63.5. The van der Waals surface area contributed by atoms with E-state index in [1.165, 1.54) is 0 Å². The van der Waals surface area contributed by atoms with Crippen molar-refractivity contribution in [3.05, 3.63) is 74.4 Å². The number of nitrogens with one attached hydrogen (secondary N) is 3. The summed E-state index contributed by atoms with van der Waals surface area (Å²) in [6, 6.07) is 14.4. The number of para-hydroxylation sites is 1. The van der Waals surface area contributed by atoms with Gasteiger partial charge in [0.2, 0.25) is 0 Å². The zero-order chi connectivity index (χ0) is 30.7. The van der Waals surface area contributed by atoms with Gasteiger partial charge in [-0.3, -0.25) is 4.79 Å². The van der Waals surface area contributed by atoms with Gasteiger partial charge in [0.15, 0.2) is 5.43 Å². The van der Waals surface area contributed by atoms with Crippen LogP contribution in [0.5, 0.6) is 0 Å². The summed E-state index contributed by atoms with van der Waals surface area (Å²) in [6.07, 6.45) is -10.2. The second kappa shape index (κ2) is 15.3. The lowest BCUT2D eigenvalue weighted by Crippen LogP contribution is -2.39. The molecule has 1 atom stereocenters. The van der Waals surface area contributed by atoms with Crippen LogP contribution < -0.4 is 21.8 Å². The van der Waals surface area contributed by atoms with E-state index in [0.29, 0.717) is 40.9 Å². The first kappa shape index (κ1) is 34.5. The number of halogens is 8.